The smallest absolute Gasteiger partial charge is 0.279 e. The molecule has 0 fully saturated rings. The number of benzene rings is 2. The van der Waals surface area contributed by atoms with E-state index in [4.69, 9.17) is 9.26 Å². The second kappa shape index (κ2) is 9.88. The number of hydrogen-bond donors (Lipinski definition) is 2. The summed E-state index contributed by atoms with van der Waals surface area (Å²) >= 11 is 1.35. The van der Waals surface area contributed by atoms with Crippen LogP contribution in [0.4, 0.5) is 4.39 Å². The number of thioether (sulfide) groups is 1. The number of para-hydroxylation sites is 1. The molecule has 0 aliphatic carbocycles. The van der Waals surface area contributed by atoms with Crippen molar-refractivity contribution in [1.29, 1.82) is 0 Å². The number of halogens is 1. The molecule has 0 aliphatic rings. The van der Waals surface area contributed by atoms with Crippen molar-refractivity contribution >= 4 is 23.6 Å². The van der Waals surface area contributed by atoms with Crippen molar-refractivity contribution in [2.24, 2.45) is 0 Å². The minimum absolute atomic E-state index is 0.0514. The lowest BCUT2D eigenvalue weighted by Crippen LogP contribution is -2.47. The van der Waals surface area contributed by atoms with Gasteiger partial charge in [0.1, 0.15) is 0 Å². The molecule has 3 rings (SSSR count). The van der Waals surface area contributed by atoms with Crippen molar-refractivity contribution in [3.05, 3.63) is 71.6 Å². The van der Waals surface area contributed by atoms with Crippen molar-refractivity contribution < 1.29 is 23.2 Å². The van der Waals surface area contributed by atoms with Gasteiger partial charge < -0.3 is 9.26 Å². The van der Waals surface area contributed by atoms with Gasteiger partial charge in [0.25, 0.3) is 11.8 Å². The van der Waals surface area contributed by atoms with Crippen molar-refractivity contribution in [3.63, 3.8) is 0 Å². The van der Waals surface area contributed by atoms with E-state index in [0.717, 1.165) is 0 Å². The molecule has 0 spiro atoms. The van der Waals surface area contributed by atoms with Crippen LogP contribution in [0.15, 0.2) is 57.9 Å². The average Bonchev–Trinajstić information content (AvgIpc) is 3.17. The number of hydrazine groups is 1. The summed E-state index contributed by atoms with van der Waals surface area (Å²) in [6.07, 6.45) is -1.02. The second-order valence-corrected chi connectivity index (χ2v) is 7.17. The monoisotopic (exact) mass is 430 g/mol. The molecule has 0 saturated heterocycles. The first-order chi connectivity index (χ1) is 14.4. The number of aromatic nitrogens is 2. The van der Waals surface area contributed by atoms with E-state index in [9.17, 15) is 14.0 Å². The minimum atomic E-state index is -1.02. The van der Waals surface area contributed by atoms with Crippen LogP contribution in [-0.2, 0) is 10.5 Å². The number of amides is 2. The van der Waals surface area contributed by atoms with E-state index in [1.165, 1.54) is 36.9 Å². The Morgan fingerprint density at radius 2 is 1.90 bits per heavy atom. The Bertz CT molecular complexity index is 1040. The average molecular weight is 430 g/mol. The molecule has 2 N–H and O–H groups in total. The van der Waals surface area contributed by atoms with E-state index in [0.29, 0.717) is 27.9 Å². The fourth-order valence-corrected chi connectivity index (χ4v) is 3.28. The molecule has 2 amide bonds. The predicted octanol–water partition coefficient (Wildman–Crippen LogP) is 3.04. The number of carbonyl (C=O) groups excluding carboxylic acids is 2. The number of ether oxygens (including phenoxy) is 1. The van der Waals surface area contributed by atoms with E-state index in [-0.39, 0.29) is 5.75 Å². The summed E-state index contributed by atoms with van der Waals surface area (Å²) in [6, 6.07) is 12.7. The first-order valence-corrected chi connectivity index (χ1v) is 9.95. The van der Waals surface area contributed by atoms with E-state index < -0.39 is 23.7 Å². The third-order valence-electron chi connectivity index (χ3n) is 3.86. The fourth-order valence-electron chi connectivity index (χ4n) is 2.39. The zero-order valence-corrected chi connectivity index (χ0v) is 17.0. The summed E-state index contributed by atoms with van der Waals surface area (Å²) < 4.78 is 24.0. The highest BCUT2D eigenvalue weighted by atomic mass is 32.2. The number of carbonyl (C=O) groups is 2. The first-order valence-electron chi connectivity index (χ1n) is 8.96. The molecule has 8 nitrogen and oxygen atoms in total. The van der Waals surface area contributed by atoms with Crippen LogP contribution in [-0.4, -0.2) is 28.1 Å². The van der Waals surface area contributed by atoms with Crippen LogP contribution in [0.5, 0.6) is 5.75 Å². The van der Waals surface area contributed by atoms with Gasteiger partial charge in [-0.25, -0.2) is 4.39 Å². The van der Waals surface area contributed by atoms with Crippen LogP contribution in [0.25, 0.3) is 0 Å². The van der Waals surface area contributed by atoms with E-state index in [1.807, 2.05) is 0 Å². The predicted molar refractivity (Wildman–Crippen MR) is 107 cm³/mol. The Kier molecular flexibility index (Phi) is 7.02. The van der Waals surface area contributed by atoms with E-state index in [2.05, 4.69) is 21.0 Å². The highest BCUT2D eigenvalue weighted by Gasteiger charge is 2.18. The quantitative estimate of drug-likeness (QED) is 0.438. The van der Waals surface area contributed by atoms with Gasteiger partial charge in [-0.15, -0.1) is 11.8 Å². The molecule has 0 saturated carbocycles. The van der Waals surface area contributed by atoms with Gasteiger partial charge in [-0.1, -0.05) is 29.4 Å². The SMILES string of the molecule is Cc1noc(CSc2ccccc2C(=O)NNC(=O)C(C)Oc2ccccc2F)n1. The standard InChI is InChI=1S/C20H19FN4O4S/c1-12(28-16-9-5-4-8-15(16)21)19(26)23-24-20(27)14-7-3-6-10-17(14)30-11-18-22-13(2)25-29-18/h3-10,12H,11H2,1-2H3,(H,23,26)(H,24,27). The largest absolute Gasteiger partial charge is 0.478 e. The number of aryl methyl sites for hydroxylation is 1. The van der Waals surface area contributed by atoms with Crippen molar-refractivity contribution in [3.8, 4) is 5.75 Å². The summed E-state index contributed by atoms with van der Waals surface area (Å²) in [5.41, 5.74) is 5.00. The minimum Gasteiger partial charge on any atom is -0.478 e. The molecule has 156 valence electrons. The summed E-state index contributed by atoms with van der Waals surface area (Å²) in [6.45, 7) is 3.17. The first kappa shape index (κ1) is 21.3. The van der Waals surface area contributed by atoms with Crippen LogP contribution in [0.2, 0.25) is 0 Å². The topological polar surface area (TPSA) is 106 Å². The van der Waals surface area contributed by atoms with Crippen molar-refractivity contribution in [2.75, 3.05) is 0 Å². The highest BCUT2D eigenvalue weighted by Crippen LogP contribution is 2.25. The van der Waals surface area contributed by atoms with Crippen LogP contribution in [0, 0.1) is 12.7 Å². The highest BCUT2D eigenvalue weighted by molar-refractivity contribution is 7.98. The number of nitrogens with zero attached hydrogens (tertiary/aromatic N) is 2. The molecule has 0 bridgehead atoms. The molecule has 0 radical (unpaired) electrons. The summed E-state index contributed by atoms with van der Waals surface area (Å²) in [5, 5.41) is 3.73. The molecule has 3 aromatic rings. The van der Waals surface area contributed by atoms with Crippen LogP contribution in [0.3, 0.4) is 0 Å². The van der Waals surface area contributed by atoms with Gasteiger partial charge >= 0.3 is 0 Å². The molecule has 10 heteroatoms. The second-order valence-electron chi connectivity index (χ2n) is 6.15. The Labute approximate surface area is 176 Å². The lowest BCUT2D eigenvalue weighted by Gasteiger charge is -2.16. The van der Waals surface area contributed by atoms with E-state index >= 15 is 0 Å². The molecule has 1 unspecified atom stereocenters. The molecular formula is C20H19FN4O4S. The molecule has 0 aliphatic heterocycles. The lowest BCUT2D eigenvalue weighted by atomic mass is 10.2. The summed E-state index contributed by atoms with van der Waals surface area (Å²) in [5.74, 6) is -0.394. The third-order valence-corrected chi connectivity index (χ3v) is 4.92. The maximum Gasteiger partial charge on any atom is 0.279 e. The maximum atomic E-state index is 13.6. The maximum absolute atomic E-state index is 13.6. The lowest BCUT2D eigenvalue weighted by molar-refractivity contribution is -0.128. The van der Waals surface area contributed by atoms with Crippen molar-refractivity contribution in [2.45, 2.75) is 30.6 Å². The van der Waals surface area contributed by atoms with Crippen LogP contribution < -0.4 is 15.6 Å². The van der Waals surface area contributed by atoms with Gasteiger partial charge in [0.05, 0.1) is 11.3 Å². The third kappa shape index (κ3) is 5.57. The van der Waals surface area contributed by atoms with Gasteiger partial charge in [-0.2, -0.15) is 4.98 Å². The number of nitrogens with one attached hydrogen (secondary N) is 2. The molecule has 2 aromatic carbocycles. The zero-order chi connectivity index (χ0) is 21.5. The van der Waals surface area contributed by atoms with Gasteiger partial charge in [0.2, 0.25) is 5.89 Å². The normalized spacial score (nSPS) is 11.6. The molecule has 1 heterocycles. The Hall–Kier alpha value is -3.40. The Morgan fingerprint density at radius 3 is 2.63 bits per heavy atom. The fraction of sp³-hybridized carbons (Fsp3) is 0.200. The molecule has 1 atom stereocenters. The summed E-state index contributed by atoms with van der Waals surface area (Å²) in [4.78, 5) is 29.5. The van der Waals surface area contributed by atoms with Crippen LogP contribution >= 0.6 is 11.8 Å². The van der Waals surface area contributed by atoms with Gasteiger partial charge in [0, 0.05) is 4.90 Å². The number of rotatable bonds is 7. The number of hydrogen-bond acceptors (Lipinski definition) is 7. The summed E-state index contributed by atoms with van der Waals surface area (Å²) in [7, 11) is 0. The van der Waals surface area contributed by atoms with Crippen LogP contribution in [0.1, 0.15) is 29.0 Å². The molecular weight excluding hydrogens is 411 g/mol. The van der Waals surface area contributed by atoms with Gasteiger partial charge in [0.15, 0.2) is 23.5 Å². The Balaban J connectivity index is 1.56. The van der Waals surface area contributed by atoms with E-state index in [1.54, 1.807) is 37.3 Å². The zero-order valence-electron chi connectivity index (χ0n) is 16.2. The molecule has 1 aromatic heterocycles. The van der Waals surface area contributed by atoms with Crippen molar-refractivity contribution in [1.82, 2.24) is 21.0 Å². The van der Waals surface area contributed by atoms with Gasteiger partial charge in [-0.05, 0) is 38.1 Å². The molecule has 30 heavy (non-hydrogen) atoms. The van der Waals surface area contributed by atoms with Gasteiger partial charge in [-0.3, -0.25) is 20.4 Å². The Morgan fingerprint density at radius 1 is 1.17 bits per heavy atom.